The summed E-state index contributed by atoms with van der Waals surface area (Å²) in [7, 11) is 0. The van der Waals surface area contributed by atoms with E-state index in [2.05, 4.69) is 15.0 Å². The number of nitrogens with one attached hydrogen (secondary N) is 1. The maximum absolute atomic E-state index is 12.6. The number of hydrogen-bond acceptors (Lipinski definition) is 6. The monoisotopic (exact) mass is 446 g/mol. The summed E-state index contributed by atoms with van der Waals surface area (Å²) in [5.41, 5.74) is 0.303. The molecule has 0 aliphatic heterocycles. The van der Waals surface area contributed by atoms with Crippen LogP contribution in [0.15, 0.2) is 73.1 Å². The average Bonchev–Trinajstić information content (AvgIpc) is 2.75. The van der Waals surface area contributed by atoms with E-state index in [9.17, 15) is 22.8 Å². The number of pyridine rings is 1. The first-order valence-electron chi connectivity index (χ1n) is 9.26. The number of carbonyl (C=O) groups excluding carboxylic acids is 2. The van der Waals surface area contributed by atoms with Crippen LogP contribution in [0.1, 0.15) is 17.3 Å². The topological polar surface area (TPSA) is 86.8 Å². The minimum Gasteiger partial charge on any atom is -0.455 e. The molecule has 2 aromatic carbocycles. The zero-order valence-corrected chi connectivity index (χ0v) is 16.6. The smallest absolute Gasteiger partial charge is 0.455 e. The van der Waals surface area contributed by atoms with Crippen molar-refractivity contribution in [1.29, 1.82) is 0 Å². The second-order valence-corrected chi connectivity index (χ2v) is 6.40. The summed E-state index contributed by atoms with van der Waals surface area (Å²) < 4.78 is 51.3. The van der Waals surface area contributed by atoms with Crippen LogP contribution < -0.4 is 14.8 Å². The highest BCUT2D eigenvalue weighted by Gasteiger charge is 2.31. The van der Waals surface area contributed by atoms with Crippen molar-refractivity contribution in [2.45, 2.75) is 19.4 Å². The maximum Gasteiger partial charge on any atom is 0.573 e. The Morgan fingerprint density at radius 3 is 2.34 bits per heavy atom. The van der Waals surface area contributed by atoms with E-state index in [1.807, 2.05) is 0 Å². The lowest BCUT2D eigenvalue weighted by Crippen LogP contribution is -2.30. The number of alkyl halides is 3. The molecule has 1 N–H and O–H groups in total. The third kappa shape index (κ3) is 6.46. The van der Waals surface area contributed by atoms with Crippen molar-refractivity contribution in [1.82, 2.24) is 4.98 Å². The minimum absolute atomic E-state index is 0.102. The number of ether oxygens (including phenoxy) is 3. The number of para-hydroxylation sites is 1. The quantitative estimate of drug-likeness (QED) is 0.517. The van der Waals surface area contributed by atoms with Crippen molar-refractivity contribution in [2.24, 2.45) is 0 Å². The molecule has 0 saturated carbocycles. The molecule has 0 saturated heterocycles. The van der Waals surface area contributed by atoms with Crippen LogP contribution in [0.5, 0.6) is 17.2 Å². The van der Waals surface area contributed by atoms with Crippen LogP contribution in [0.25, 0.3) is 0 Å². The van der Waals surface area contributed by atoms with E-state index in [0.29, 0.717) is 5.75 Å². The van der Waals surface area contributed by atoms with Crippen LogP contribution in [-0.2, 0) is 9.53 Å². The van der Waals surface area contributed by atoms with Gasteiger partial charge in [-0.2, -0.15) is 0 Å². The van der Waals surface area contributed by atoms with Crippen molar-refractivity contribution in [3.63, 3.8) is 0 Å². The first-order chi connectivity index (χ1) is 15.2. The number of amides is 1. The van der Waals surface area contributed by atoms with Crippen LogP contribution in [0, 0.1) is 0 Å². The largest absolute Gasteiger partial charge is 0.573 e. The Morgan fingerprint density at radius 2 is 1.69 bits per heavy atom. The Hall–Kier alpha value is -4.08. The number of nitrogens with zero attached hydrogens (tertiary/aromatic N) is 1. The van der Waals surface area contributed by atoms with E-state index in [0.717, 1.165) is 12.1 Å². The van der Waals surface area contributed by atoms with Gasteiger partial charge in [0.15, 0.2) is 6.10 Å². The van der Waals surface area contributed by atoms with Gasteiger partial charge in [0.25, 0.3) is 5.91 Å². The molecule has 0 radical (unpaired) electrons. The highest BCUT2D eigenvalue weighted by atomic mass is 19.4. The predicted octanol–water partition coefficient (Wildman–Crippen LogP) is 4.96. The third-order valence-electron chi connectivity index (χ3n) is 3.98. The van der Waals surface area contributed by atoms with Gasteiger partial charge < -0.3 is 19.5 Å². The Labute approximate surface area is 180 Å². The molecule has 0 aliphatic rings. The minimum atomic E-state index is -4.81. The summed E-state index contributed by atoms with van der Waals surface area (Å²) in [5.74, 6) is -1.26. The van der Waals surface area contributed by atoms with Crippen molar-refractivity contribution < 1.29 is 37.0 Å². The summed E-state index contributed by atoms with van der Waals surface area (Å²) in [6.07, 6.45) is -2.96. The molecule has 3 aromatic rings. The molecule has 10 heteroatoms. The molecule has 32 heavy (non-hydrogen) atoms. The summed E-state index contributed by atoms with van der Waals surface area (Å²) in [5, 5.41) is 2.45. The lowest BCUT2D eigenvalue weighted by atomic mass is 10.2. The zero-order chi connectivity index (χ0) is 23.1. The van der Waals surface area contributed by atoms with Gasteiger partial charge in [0.1, 0.15) is 22.8 Å². The summed E-state index contributed by atoms with van der Waals surface area (Å²) in [4.78, 5) is 28.8. The molecule has 1 atom stereocenters. The van der Waals surface area contributed by atoms with Crippen molar-refractivity contribution in [3.05, 3.63) is 78.6 Å². The van der Waals surface area contributed by atoms with Crippen molar-refractivity contribution in [2.75, 3.05) is 5.32 Å². The van der Waals surface area contributed by atoms with Gasteiger partial charge in [0.2, 0.25) is 0 Å². The molecule has 0 spiro atoms. The number of hydrogen-bond donors (Lipinski definition) is 1. The van der Waals surface area contributed by atoms with E-state index in [1.54, 1.807) is 36.5 Å². The van der Waals surface area contributed by atoms with E-state index >= 15 is 0 Å². The number of anilines is 1. The zero-order valence-electron chi connectivity index (χ0n) is 16.6. The number of benzene rings is 2. The molecule has 0 aliphatic carbocycles. The molecule has 0 bridgehead atoms. The van der Waals surface area contributed by atoms with Gasteiger partial charge in [-0.25, -0.2) is 4.79 Å². The molecule has 7 nitrogen and oxygen atoms in total. The van der Waals surface area contributed by atoms with Crippen LogP contribution in [0.2, 0.25) is 0 Å². The second-order valence-electron chi connectivity index (χ2n) is 6.40. The summed E-state index contributed by atoms with van der Waals surface area (Å²) >= 11 is 0. The number of carbonyl (C=O) groups is 2. The molecule has 1 aromatic heterocycles. The number of halogens is 3. The number of aromatic nitrogens is 1. The molecular weight excluding hydrogens is 429 g/mol. The maximum atomic E-state index is 12.6. The lowest BCUT2D eigenvalue weighted by molar-refractivity contribution is -0.274. The Bertz CT molecular complexity index is 1070. The van der Waals surface area contributed by atoms with Crippen molar-refractivity contribution >= 4 is 17.6 Å². The highest BCUT2D eigenvalue weighted by Crippen LogP contribution is 2.26. The third-order valence-corrected chi connectivity index (χ3v) is 3.98. The number of rotatable bonds is 7. The summed E-state index contributed by atoms with van der Waals surface area (Å²) in [6, 6.07) is 14.2. The van der Waals surface area contributed by atoms with Gasteiger partial charge in [-0.3, -0.25) is 9.78 Å². The molecule has 1 heterocycles. The van der Waals surface area contributed by atoms with Gasteiger partial charge in [0, 0.05) is 11.9 Å². The fourth-order valence-electron chi connectivity index (χ4n) is 2.52. The van der Waals surface area contributed by atoms with Gasteiger partial charge >= 0.3 is 12.3 Å². The van der Waals surface area contributed by atoms with E-state index in [-0.39, 0.29) is 17.0 Å². The molecule has 1 unspecified atom stereocenters. The Morgan fingerprint density at radius 1 is 0.969 bits per heavy atom. The first-order valence-corrected chi connectivity index (χ1v) is 9.26. The SMILES string of the molecule is CC(OC(=O)c1ccccc1Oc1cccnc1)C(=O)Nc1ccc(OC(F)(F)F)cc1. The highest BCUT2D eigenvalue weighted by molar-refractivity contribution is 5.98. The fourth-order valence-corrected chi connectivity index (χ4v) is 2.52. The standard InChI is InChI=1S/C22H17F3N2O5/c1-14(20(28)27-15-8-10-16(11-9-15)32-22(23,24)25)30-21(29)18-6-2-3-7-19(18)31-17-5-4-12-26-13-17/h2-14H,1H3,(H,27,28). The van der Waals surface area contributed by atoms with Crippen LogP contribution in [0.3, 0.4) is 0 Å². The van der Waals surface area contributed by atoms with Crippen LogP contribution in [-0.4, -0.2) is 29.3 Å². The van der Waals surface area contributed by atoms with Gasteiger partial charge in [-0.05, 0) is 55.5 Å². The van der Waals surface area contributed by atoms with E-state index in [1.165, 1.54) is 31.3 Å². The Kier molecular flexibility index (Phi) is 6.93. The van der Waals surface area contributed by atoms with E-state index in [4.69, 9.17) is 9.47 Å². The normalized spacial score (nSPS) is 11.9. The van der Waals surface area contributed by atoms with Crippen LogP contribution in [0.4, 0.5) is 18.9 Å². The molecule has 3 rings (SSSR count). The summed E-state index contributed by atoms with van der Waals surface area (Å²) in [6.45, 7) is 1.36. The molecular formula is C22H17F3N2O5. The predicted molar refractivity (Wildman–Crippen MR) is 107 cm³/mol. The molecule has 1 amide bonds. The average molecular weight is 446 g/mol. The Balaban J connectivity index is 1.61. The van der Waals surface area contributed by atoms with Gasteiger partial charge in [-0.1, -0.05) is 12.1 Å². The first kappa shape index (κ1) is 22.6. The van der Waals surface area contributed by atoms with E-state index < -0.39 is 30.1 Å². The fraction of sp³-hybridized carbons (Fsp3) is 0.136. The molecule has 0 fully saturated rings. The van der Waals surface area contributed by atoms with Gasteiger partial charge in [0.05, 0.1) is 6.20 Å². The lowest BCUT2D eigenvalue weighted by Gasteiger charge is -2.15. The van der Waals surface area contributed by atoms with Crippen LogP contribution >= 0.6 is 0 Å². The van der Waals surface area contributed by atoms with Gasteiger partial charge in [-0.15, -0.1) is 13.2 Å². The molecule has 166 valence electrons. The number of esters is 1. The van der Waals surface area contributed by atoms with Crippen molar-refractivity contribution in [3.8, 4) is 17.2 Å². The second kappa shape index (κ2) is 9.82.